The molecule has 0 bridgehead atoms. The highest BCUT2D eigenvalue weighted by Gasteiger charge is 2.28. The zero-order valence-electron chi connectivity index (χ0n) is 11.1. The first-order chi connectivity index (χ1) is 8.80. The Kier molecular flexibility index (Phi) is 4.23. The van der Waals surface area contributed by atoms with Crippen molar-refractivity contribution >= 4 is 31.5 Å². The summed E-state index contributed by atoms with van der Waals surface area (Å²) >= 11 is 3.53. The number of anilines is 1. The molecule has 0 aromatic heterocycles. The van der Waals surface area contributed by atoms with Crippen LogP contribution in [0.15, 0.2) is 22.7 Å². The molecule has 0 radical (unpaired) electrons. The van der Waals surface area contributed by atoms with Crippen molar-refractivity contribution in [3.05, 3.63) is 28.2 Å². The van der Waals surface area contributed by atoms with Crippen molar-refractivity contribution in [2.75, 3.05) is 23.0 Å². The van der Waals surface area contributed by atoms with Crippen molar-refractivity contribution in [1.29, 1.82) is 0 Å². The Morgan fingerprint density at radius 1 is 1.47 bits per heavy atom. The minimum absolute atomic E-state index is 0.00630. The number of rotatable bonds is 2. The minimum atomic E-state index is -2.88. The van der Waals surface area contributed by atoms with Gasteiger partial charge in [-0.2, -0.15) is 0 Å². The molecule has 2 N–H and O–H groups in total. The van der Waals surface area contributed by atoms with E-state index < -0.39 is 9.84 Å². The number of sulfone groups is 1. The second kappa shape index (κ2) is 5.42. The molecule has 4 nitrogen and oxygen atoms in total. The van der Waals surface area contributed by atoms with E-state index >= 15 is 0 Å². The van der Waals surface area contributed by atoms with Gasteiger partial charge >= 0.3 is 0 Å². The normalized spacial score (nSPS) is 24.2. The van der Waals surface area contributed by atoms with Crippen LogP contribution in [0.5, 0.6) is 0 Å². The summed E-state index contributed by atoms with van der Waals surface area (Å²) in [5.74, 6) is 0.448. The number of halogens is 1. The number of benzene rings is 1. The maximum atomic E-state index is 11.6. The summed E-state index contributed by atoms with van der Waals surface area (Å²) in [6, 6.07) is 6.01. The van der Waals surface area contributed by atoms with Crippen LogP contribution in [0, 0.1) is 0 Å². The minimum Gasteiger partial charge on any atom is -0.367 e. The van der Waals surface area contributed by atoms with E-state index in [0.717, 1.165) is 15.7 Å². The van der Waals surface area contributed by atoms with E-state index in [1.807, 2.05) is 32.0 Å². The summed E-state index contributed by atoms with van der Waals surface area (Å²) < 4.78 is 24.2. The van der Waals surface area contributed by atoms with Crippen LogP contribution in [-0.2, 0) is 9.84 Å². The fourth-order valence-corrected chi connectivity index (χ4v) is 4.73. The van der Waals surface area contributed by atoms with Crippen LogP contribution in [0.2, 0.25) is 0 Å². The van der Waals surface area contributed by atoms with Gasteiger partial charge in [-0.15, -0.1) is 0 Å². The first-order valence-electron chi connectivity index (χ1n) is 6.32. The van der Waals surface area contributed by atoms with E-state index in [1.54, 1.807) is 0 Å². The van der Waals surface area contributed by atoms with E-state index in [1.165, 1.54) is 0 Å². The third kappa shape index (κ3) is 3.30. The van der Waals surface area contributed by atoms with E-state index in [-0.39, 0.29) is 23.6 Å². The summed E-state index contributed by atoms with van der Waals surface area (Å²) in [5, 5.41) is 0. The number of nitrogens with two attached hydrogens (primary N) is 1. The molecule has 1 aromatic carbocycles. The molecule has 1 fully saturated rings. The maximum Gasteiger partial charge on any atom is 0.154 e. The predicted octanol–water partition coefficient (Wildman–Crippen LogP) is 2.09. The Bertz CT molecular complexity index is 572. The van der Waals surface area contributed by atoms with Crippen LogP contribution in [0.3, 0.4) is 0 Å². The molecular formula is C13H19BrN2O2S. The average molecular weight is 347 g/mol. The number of hydrogen-bond acceptors (Lipinski definition) is 4. The smallest absolute Gasteiger partial charge is 0.154 e. The van der Waals surface area contributed by atoms with Crippen LogP contribution >= 0.6 is 15.9 Å². The lowest BCUT2D eigenvalue weighted by Gasteiger charge is -2.35. The van der Waals surface area contributed by atoms with Crippen molar-refractivity contribution < 1.29 is 8.42 Å². The maximum absolute atomic E-state index is 11.6. The average Bonchev–Trinajstić information content (AvgIpc) is 2.26. The Labute approximate surface area is 123 Å². The second-order valence-electron chi connectivity index (χ2n) is 5.15. The molecule has 1 heterocycles. The molecule has 1 saturated heterocycles. The van der Waals surface area contributed by atoms with Crippen LogP contribution in [-0.4, -0.2) is 32.5 Å². The molecule has 106 valence electrons. The first kappa shape index (κ1) is 14.8. The summed E-state index contributed by atoms with van der Waals surface area (Å²) in [5.41, 5.74) is 7.98. The molecule has 19 heavy (non-hydrogen) atoms. The molecule has 6 heteroatoms. The van der Waals surface area contributed by atoms with Crippen LogP contribution in [0.25, 0.3) is 0 Å². The fourth-order valence-electron chi connectivity index (χ4n) is 2.45. The summed E-state index contributed by atoms with van der Waals surface area (Å²) in [7, 11) is -2.88. The predicted molar refractivity (Wildman–Crippen MR) is 82.2 cm³/mol. The molecular weight excluding hydrogens is 328 g/mol. The van der Waals surface area contributed by atoms with E-state index in [0.29, 0.717) is 6.54 Å². The molecule has 2 unspecified atom stereocenters. The van der Waals surface area contributed by atoms with Crippen molar-refractivity contribution in [3.63, 3.8) is 0 Å². The van der Waals surface area contributed by atoms with Gasteiger partial charge in [0, 0.05) is 28.8 Å². The molecule has 2 rings (SSSR count). The quantitative estimate of drug-likeness (QED) is 0.890. The molecule has 1 aromatic rings. The molecule has 0 spiro atoms. The Morgan fingerprint density at radius 2 is 2.16 bits per heavy atom. The van der Waals surface area contributed by atoms with Gasteiger partial charge in [0.1, 0.15) is 0 Å². The largest absolute Gasteiger partial charge is 0.367 e. The van der Waals surface area contributed by atoms with Crippen molar-refractivity contribution in [1.82, 2.24) is 0 Å². The van der Waals surface area contributed by atoms with Gasteiger partial charge in [0.2, 0.25) is 0 Å². The molecule has 0 amide bonds. The molecule has 0 aliphatic carbocycles. The number of hydrogen-bond donors (Lipinski definition) is 1. The van der Waals surface area contributed by atoms with Crippen LogP contribution in [0.4, 0.5) is 5.69 Å². The summed E-state index contributed by atoms with van der Waals surface area (Å²) in [6.45, 7) is 4.44. The standard InChI is InChI=1S/C13H19BrN2O2S/c1-9-8-19(17,18)6-5-16(9)11-3-4-12(10(2)15)13(14)7-11/h3-4,7,9-10H,5-6,8,15H2,1-2H3. The monoisotopic (exact) mass is 346 g/mol. The fraction of sp³-hybridized carbons (Fsp3) is 0.538. The van der Waals surface area contributed by atoms with Crippen molar-refractivity contribution in [2.24, 2.45) is 5.73 Å². The Morgan fingerprint density at radius 3 is 2.68 bits per heavy atom. The topological polar surface area (TPSA) is 63.4 Å². The lowest BCUT2D eigenvalue weighted by Crippen LogP contribution is -2.47. The van der Waals surface area contributed by atoms with Gasteiger partial charge in [0.25, 0.3) is 0 Å². The van der Waals surface area contributed by atoms with Gasteiger partial charge < -0.3 is 10.6 Å². The molecule has 2 atom stereocenters. The van der Waals surface area contributed by atoms with Gasteiger partial charge in [0.05, 0.1) is 11.5 Å². The van der Waals surface area contributed by atoms with Gasteiger partial charge in [-0.25, -0.2) is 8.42 Å². The molecule has 1 aliphatic rings. The highest BCUT2D eigenvalue weighted by molar-refractivity contribution is 9.10. The lowest BCUT2D eigenvalue weighted by atomic mass is 10.1. The van der Waals surface area contributed by atoms with Gasteiger partial charge in [-0.1, -0.05) is 22.0 Å². The Balaban J connectivity index is 2.26. The first-order valence-corrected chi connectivity index (χ1v) is 8.94. The van der Waals surface area contributed by atoms with Crippen LogP contribution in [0.1, 0.15) is 25.5 Å². The van der Waals surface area contributed by atoms with Crippen LogP contribution < -0.4 is 10.6 Å². The SMILES string of the molecule is CC(N)c1ccc(N2CCS(=O)(=O)CC2C)cc1Br. The highest BCUT2D eigenvalue weighted by Crippen LogP contribution is 2.29. The third-order valence-electron chi connectivity index (χ3n) is 3.48. The number of nitrogens with zero attached hydrogens (tertiary/aromatic N) is 1. The summed E-state index contributed by atoms with van der Waals surface area (Å²) in [6.07, 6.45) is 0. The van der Waals surface area contributed by atoms with E-state index in [2.05, 4.69) is 20.8 Å². The van der Waals surface area contributed by atoms with Gasteiger partial charge in [-0.3, -0.25) is 0 Å². The third-order valence-corrected chi connectivity index (χ3v) is 5.96. The highest BCUT2D eigenvalue weighted by atomic mass is 79.9. The van der Waals surface area contributed by atoms with E-state index in [9.17, 15) is 8.42 Å². The zero-order chi connectivity index (χ0) is 14.2. The summed E-state index contributed by atoms with van der Waals surface area (Å²) in [4.78, 5) is 2.14. The lowest BCUT2D eigenvalue weighted by molar-refractivity contribution is 0.568. The Hall–Kier alpha value is -0.590. The molecule has 1 aliphatic heterocycles. The second-order valence-corrected chi connectivity index (χ2v) is 8.23. The van der Waals surface area contributed by atoms with Crippen molar-refractivity contribution in [3.8, 4) is 0 Å². The zero-order valence-corrected chi connectivity index (χ0v) is 13.5. The van der Waals surface area contributed by atoms with E-state index in [4.69, 9.17) is 5.73 Å². The van der Waals surface area contributed by atoms with Gasteiger partial charge in [-0.05, 0) is 31.5 Å². The van der Waals surface area contributed by atoms with Crippen molar-refractivity contribution in [2.45, 2.75) is 25.9 Å². The molecule has 0 saturated carbocycles. The van der Waals surface area contributed by atoms with Gasteiger partial charge in [0.15, 0.2) is 9.84 Å².